The summed E-state index contributed by atoms with van der Waals surface area (Å²) in [5.41, 5.74) is -0.538. The Morgan fingerprint density at radius 2 is 1.94 bits per heavy atom. The molecule has 0 heterocycles. The van der Waals surface area contributed by atoms with E-state index in [9.17, 15) is 13.6 Å². The molecule has 0 fully saturated rings. The van der Waals surface area contributed by atoms with E-state index in [1.165, 1.54) is 12.1 Å². The molecule has 1 amide bonds. The number of likely N-dealkylation sites (N-methyl/N-ethyl adjacent to an activating group) is 1. The van der Waals surface area contributed by atoms with Crippen LogP contribution in [0.5, 0.6) is 0 Å². The van der Waals surface area contributed by atoms with Crippen LogP contribution < -0.4 is 5.32 Å². The fraction of sp³-hybridized carbons (Fsp3) is 0.462. The highest BCUT2D eigenvalue weighted by molar-refractivity contribution is 5.94. The van der Waals surface area contributed by atoms with Crippen LogP contribution in [0, 0.1) is 11.6 Å². The monoisotopic (exact) mass is 256 g/mol. The number of carbonyl (C=O) groups excluding carboxylic acids is 1. The summed E-state index contributed by atoms with van der Waals surface area (Å²) in [7, 11) is 3.77. The van der Waals surface area contributed by atoms with Crippen molar-refractivity contribution in [1.82, 2.24) is 10.2 Å². The molecule has 5 heteroatoms. The van der Waals surface area contributed by atoms with Crippen molar-refractivity contribution in [2.24, 2.45) is 0 Å². The first kappa shape index (κ1) is 14.6. The van der Waals surface area contributed by atoms with Gasteiger partial charge >= 0.3 is 0 Å². The minimum atomic E-state index is -1.11. The third-order valence-electron chi connectivity index (χ3n) is 3.09. The van der Waals surface area contributed by atoms with Crippen molar-refractivity contribution in [2.75, 3.05) is 20.6 Å². The maximum Gasteiger partial charge on any atom is 0.254 e. The first-order valence-corrected chi connectivity index (χ1v) is 5.65. The number of hydrogen-bond donors (Lipinski definition) is 1. The summed E-state index contributed by atoms with van der Waals surface area (Å²) in [5, 5.41) is 2.60. The third kappa shape index (κ3) is 3.26. The Morgan fingerprint density at radius 3 is 2.50 bits per heavy atom. The van der Waals surface area contributed by atoms with E-state index >= 15 is 0 Å². The topological polar surface area (TPSA) is 32.3 Å². The van der Waals surface area contributed by atoms with Gasteiger partial charge in [0.2, 0.25) is 0 Å². The van der Waals surface area contributed by atoms with Gasteiger partial charge in [-0.05, 0) is 40.1 Å². The van der Waals surface area contributed by atoms with E-state index < -0.39 is 17.5 Å². The molecule has 0 aromatic heterocycles. The SMILES string of the molecule is CN(C)C(C)(C)CNC(=O)c1cccc(F)c1F. The van der Waals surface area contributed by atoms with Crippen molar-refractivity contribution in [1.29, 1.82) is 0 Å². The maximum absolute atomic E-state index is 13.4. The fourth-order valence-corrected chi connectivity index (χ4v) is 1.23. The highest BCUT2D eigenvalue weighted by Gasteiger charge is 2.22. The van der Waals surface area contributed by atoms with Gasteiger partial charge in [0.25, 0.3) is 5.91 Å². The number of nitrogens with one attached hydrogen (secondary N) is 1. The van der Waals surface area contributed by atoms with Gasteiger partial charge in [0, 0.05) is 12.1 Å². The molecule has 18 heavy (non-hydrogen) atoms. The van der Waals surface area contributed by atoms with Crippen LogP contribution in [-0.2, 0) is 0 Å². The molecule has 0 saturated carbocycles. The molecule has 0 unspecified atom stereocenters. The van der Waals surface area contributed by atoms with Crippen LogP contribution in [0.25, 0.3) is 0 Å². The second-order valence-electron chi connectivity index (χ2n) is 4.99. The molecule has 1 rings (SSSR count). The zero-order valence-electron chi connectivity index (χ0n) is 11.1. The normalized spacial score (nSPS) is 11.7. The Hall–Kier alpha value is -1.49. The van der Waals surface area contributed by atoms with Gasteiger partial charge in [0.1, 0.15) is 0 Å². The van der Waals surface area contributed by atoms with Crippen LogP contribution >= 0.6 is 0 Å². The van der Waals surface area contributed by atoms with Crippen LogP contribution in [0.15, 0.2) is 18.2 Å². The number of carbonyl (C=O) groups is 1. The van der Waals surface area contributed by atoms with Crippen molar-refractivity contribution < 1.29 is 13.6 Å². The van der Waals surface area contributed by atoms with Gasteiger partial charge in [0.05, 0.1) is 5.56 Å². The van der Waals surface area contributed by atoms with E-state index in [0.29, 0.717) is 6.54 Å². The van der Waals surface area contributed by atoms with Gasteiger partial charge in [-0.25, -0.2) is 8.78 Å². The summed E-state index contributed by atoms with van der Waals surface area (Å²) < 4.78 is 26.4. The number of nitrogens with zero attached hydrogens (tertiary/aromatic N) is 1. The van der Waals surface area contributed by atoms with Gasteiger partial charge in [-0.15, -0.1) is 0 Å². The van der Waals surface area contributed by atoms with Crippen molar-refractivity contribution in [3.05, 3.63) is 35.4 Å². The Balaban J connectivity index is 2.75. The van der Waals surface area contributed by atoms with Crippen molar-refractivity contribution in [3.8, 4) is 0 Å². The summed E-state index contributed by atoms with van der Waals surface area (Å²) in [6, 6.07) is 3.55. The molecular weight excluding hydrogens is 238 g/mol. The van der Waals surface area contributed by atoms with Crippen molar-refractivity contribution >= 4 is 5.91 Å². The molecule has 1 aromatic carbocycles. The van der Waals surface area contributed by atoms with E-state index in [0.717, 1.165) is 6.07 Å². The number of benzene rings is 1. The summed E-state index contributed by atoms with van der Waals surface area (Å²) in [6.07, 6.45) is 0. The first-order valence-electron chi connectivity index (χ1n) is 5.65. The largest absolute Gasteiger partial charge is 0.350 e. The van der Waals surface area contributed by atoms with Crippen LogP contribution in [0.4, 0.5) is 8.78 Å². The van der Waals surface area contributed by atoms with Crippen LogP contribution in [-0.4, -0.2) is 37.0 Å². The molecule has 0 atom stereocenters. The predicted octanol–water partition coefficient (Wildman–Crippen LogP) is 2.03. The minimum absolute atomic E-state index is 0.264. The zero-order chi connectivity index (χ0) is 13.9. The molecule has 0 saturated heterocycles. The van der Waals surface area contributed by atoms with Crippen LogP contribution in [0.1, 0.15) is 24.2 Å². The van der Waals surface area contributed by atoms with E-state index in [-0.39, 0.29) is 11.1 Å². The lowest BCUT2D eigenvalue weighted by atomic mass is 10.0. The quantitative estimate of drug-likeness (QED) is 0.894. The highest BCUT2D eigenvalue weighted by atomic mass is 19.2. The minimum Gasteiger partial charge on any atom is -0.350 e. The second-order valence-corrected chi connectivity index (χ2v) is 4.99. The molecule has 0 aliphatic carbocycles. The average molecular weight is 256 g/mol. The summed E-state index contributed by atoms with van der Waals surface area (Å²) >= 11 is 0. The third-order valence-corrected chi connectivity index (χ3v) is 3.09. The highest BCUT2D eigenvalue weighted by Crippen LogP contribution is 2.12. The van der Waals surface area contributed by atoms with Gasteiger partial charge in [-0.1, -0.05) is 6.07 Å². The fourth-order valence-electron chi connectivity index (χ4n) is 1.23. The Morgan fingerprint density at radius 1 is 1.33 bits per heavy atom. The van der Waals surface area contributed by atoms with E-state index in [2.05, 4.69) is 5.32 Å². The molecule has 0 bridgehead atoms. The molecule has 0 aliphatic heterocycles. The van der Waals surface area contributed by atoms with Crippen molar-refractivity contribution in [2.45, 2.75) is 19.4 Å². The lowest BCUT2D eigenvalue weighted by Crippen LogP contribution is -2.48. The number of halogens is 2. The van der Waals surface area contributed by atoms with E-state index in [4.69, 9.17) is 0 Å². The molecule has 1 aromatic rings. The van der Waals surface area contributed by atoms with Gasteiger partial charge in [-0.3, -0.25) is 4.79 Å². The number of hydrogen-bond acceptors (Lipinski definition) is 2. The van der Waals surface area contributed by atoms with Crippen LogP contribution in [0.3, 0.4) is 0 Å². The summed E-state index contributed by atoms with van der Waals surface area (Å²) in [6.45, 7) is 4.22. The van der Waals surface area contributed by atoms with Gasteiger partial charge < -0.3 is 10.2 Å². The van der Waals surface area contributed by atoms with Gasteiger partial charge in [0.15, 0.2) is 11.6 Å². The van der Waals surface area contributed by atoms with Crippen LogP contribution in [0.2, 0.25) is 0 Å². The number of rotatable bonds is 4. The van der Waals surface area contributed by atoms with Crippen molar-refractivity contribution in [3.63, 3.8) is 0 Å². The lowest BCUT2D eigenvalue weighted by molar-refractivity contribution is 0.0914. The molecule has 3 nitrogen and oxygen atoms in total. The standard InChI is InChI=1S/C13H18F2N2O/c1-13(2,17(3)4)8-16-12(18)9-6-5-7-10(14)11(9)15/h5-7H,8H2,1-4H3,(H,16,18). The second kappa shape index (κ2) is 5.44. The Labute approximate surface area is 106 Å². The zero-order valence-corrected chi connectivity index (χ0v) is 11.1. The lowest BCUT2D eigenvalue weighted by Gasteiger charge is -2.32. The Kier molecular flexibility index (Phi) is 4.40. The average Bonchev–Trinajstić information content (AvgIpc) is 2.29. The number of amides is 1. The molecule has 1 N–H and O–H groups in total. The smallest absolute Gasteiger partial charge is 0.254 e. The first-order chi connectivity index (χ1) is 8.25. The molecular formula is C13H18F2N2O. The maximum atomic E-state index is 13.4. The predicted molar refractivity (Wildman–Crippen MR) is 66.5 cm³/mol. The molecule has 100 valence electrons. The molecule has 0 aliphatic rings. The summed E-state index contributed by atoms with van der Waals surface area (Å²) in [5.74, 6) is -2.74. The Bertz CT molecular complexity index is 445. The van der Waals surface area contributed by atoms with E-state index in [1.54, 1.807) is 0 Å². The van der Waals surface area contributed by atoms with Gasteiger partial charge in [-0.2, -0.15) is 0 Å². The summed E-state index contributed by atoms with van der Waals surface area (Å²) in [4.78, 5) is 13.7. The molecule has 0 radical (unpaired) electrons. The van der Waals surface area contributed by atoms with E-state index in [1.807, 2.05) is 32.8 Å². The molecule has 0 spiro atoms.